The molecule has 134 valence electrons. The van der Waals surface area contributed by atoms with E-state index in [1.54, 1.807) is 18.2 Å². The maximum atomic E-state index is 13.9. The van der Waals surface area contributed by atoms with Crippen LogP contribution in [0.25, 0.3) is 0 Å². The number of benzene rings is 1. The van der Waals surface area contributed by atoms with Gasteiger partial charge >= 0.3 is 0 Å². The number of nitriles is 1. The van der Waals surface area contributed by atoms with Gasteiger partial charge in [0.25, 0.3) is 0 Å². The Morgan fingerprint density at radius 3 is 2.64 bits per heavy atom. The van der Waals surface area contributed by atoms with Gasteiger partial charge in [0.1, 0.15) is 12.4 Å². The summed E-state index contributed by atoms with van der Waals surface area (Å²) in [6.45, 7) is 2.11. The minimum Gasteiger partial charge on any atom is -0.473 e. The Morgan fingerprint density at radius 2 is 1.96 bits per heavy atom. The SMILES string of the molecule is Cl.Cl.N#Cc1ccc(COc2cccc(C3CCNCC3)n2)c(F)c1. The summed E-state index contributed by atoms with van der Waals surface area (Å²) in [6.07, 6.45) is 2.14. The van der Waals surface area contributed by atoms with Crippen molar-refractivity contribution in [1.29, 1.82) is 5.26 Å². The molecule has 3 rings (SSSR count). The van der Waals surface area contributed by atoms with Crippen molar-refractivity contribution >= 4 is 24.8 Å². The molecule has 0 amide bonds. The van der Waals surface area contributed by atoms with Crippen LogP contribution in [-0.2, 0) is 6.61 Å². The third-order valence-electron chi connectivity index (χ3n) is 4.06. The minimum atomic E-state index is -0.432. The highest BCUT2D eigenvalue weighted by Gasteiger charge is 2.16. The fourth-order valence-corrected chi connectivity index (χ4v) is 2.74. The second-order valence-electron chi connectivity index (χ2n) is 5.63. The molecule has 2 heterocycles. The topological polar surface area (TPSA) is 57.9 Å². The van der Waals surface area contributed by atoms with Gasteiger partial charge < -0.3 is 10.1 Å². The van der Waals surface area contributed by atoms with Crippen molar-refractivity contribution < 1.29 is 9.13 Å². The highest BCUT2D eigenvalue weighted by Crippen LogP contribution is 2.25. The van der Waals surface area contributed by atoms with Crippen molar-refractivity contribution in [3.05, 3.63) is 59.0 Å². The maximum absolute atomic E-state index is 13.9. The maximum Gasteiger partial charge on any atom is 0.213 e. The molecule has 1 aliphatic heterocycles. The Bertz CT molecular complexity index is 731. The fourth-order valence-electron chi connectivity index (χ4n) is 2.74. The molecule has 0 atom stereocenters. The van der Waals surface area contributed by atoms with E-state index < -0.39 is 5.82 Å². The molecule has 0 saturated carbocycles. The third kappa shape index (κ3) is 5.57. The van der Waals surface area contributed by atoms with Crippen LogP contribution in [0.15, 0.2) is 36.4 Å². The first kappa shape index (κ1) is 21.2. The zero-order valence-corrected chi connectivity index (χ0v) is 15.2. The number of hydrogen-bond donors (Lipinski definition) is 1. The normalized spacial score (nSPS) is 13.9. The van der Waals surface area contributed by atoms with E-state index in [1.807, 2.05) is 18.2 Å². The number of rotatable bonds is 4. The van der Waals surface area contributed by atoms with Gasteiger partial charge in [0.2, 0.25) is 5.88 Å². The van der Waals surface area contributed by atoms with E-state index in [2.05, 4.69) is 10.3 Å². The van der Waals surface area contributed by atoms with Crippen LogP contribution in [-0.4, -0.2) is 18.1 Å². The second-order valence-corrected chi connectivity index (χ2v) is 5.63. The first-order chi connectivity index (χ1) is 11.3. The summed E-state index contributed by atoms with van der Waals surface area (Å²) in [5.74, 6) is 0.523. The van der Waals surface area contributed by atoms with Gasteiger partial charge in [-0.2, -0.15) is 5.26 Å². The Labute approximate surface area is 159 Å². The average Bonchev–Trinajstić information content (AvgIpc) is 2.61. The zero-order chi connectivity index (χ0) is 16.1. The summed E-state index contributed by atoms with van der Waals surface area (Å²) in [5.41, 5.74) is 1.75. The predicted octanol–water partition coefficient (Wildman–Crippen LogP) is 3.98. The molecule has 0 bridgehead atoms. The van der Waals surface area contributed by atoms with Crippen molar-refractivity contribution in [1.82, 2.24) is 10.3 Å². The average molecular weight is 384 g/mol. The first-order valence-corrected chi connectivity index (χ1v) is 7.75. The number of piperidine rings is 1. The third-order valence-corrected chi connectivity index (χ3v) is 4.06. The van der Waals surface area contributed by atoms with Crippen molar-refractivity contribution in [2.45, 2.75) is 25.4 Å². The van der Waals surface area contributed by atoms with E-state index in [0.29, 0.717) is 22.9 Å². The van der Waals surface area contributed by atoms with Crippen LogP contribution in [0.5, 0.6) is 5.88 Å². The molecule has 1 aromatic carbocycles. The standard InChI is InChI=1S/C18H18FN3O.2ClH/c19-16-10-13(11-20)4-5-15(16)12-23-18-3-1-2-17(22-18)14-6-8-21-9-7-14;;/h1-5,10,14,21H,6-9,12H2;2*1H. The fraction of sp³-hybridized carbons (Fsp3) is 0.333. The van der Waals surface area contributed by atoms with Crippen LogP contribution in [0.3, 0.4) is 0 Å². The van der Waals surface area contributed by atoms with Gasteiger partial charge in [-0.25, -0.2) is 9.37 Å². The van der Waals surface area contributed by atoms with Crippen molar-refractivity contribution in [3.63, 3.8) is 0 Å². The van der Waals surface area contributed by atoms with E-state index in [4.69, 9.17) is 10.00 Å². The number of halogens is 3. The molecule has 7 heteroatoms. The molecule has 0 radical (unpaired) electrons. The summed E-state index contributed by atoms with van der Waals surface area (Å²) < 4.78 is 19.5. The lowest BCUT2D eigenvalue weighted by molar-refractivity contribution is 0.286. The van der Waals surface area contributed by atoms with Crippen molar-refractivity contribution in [3.8, 4) is 11.9 Å². The van der Waals surface area contributed by atoms with Crippen LogP contribution >= 0.6 is 24.8 Å². The highest BCUT2D eigenvalue weighted by atomic mass is 35.5. The molecule has 1 saturated heterocycles. The summed E-state index contributed by atoms with van der Waals surface area (Å²) in [6, 6.07) is 12.0. The number of pyridine rings is 1. The van der Waals surface area contributed by atoms with Gasteiger partial charge in [-0.05, 0) is 44.1 Å². The molecule has 4 nitrogen and oxygen atoms in total. The van der Waals surface area contributed by atoms with Crippen LogP contribution in [0, 0.1) is 17.1 Å². The number of aromatic nitrogens is 1. The molecular weight excluding hydrogens is 364 g/mol. The van der Waals surface area contributed by atoms with Gasteiger partial charge in [0.15, 0.2) is 0 Å². The van der Waals surface area contributed by atoms with Gasteiger partial charge in [0.05, 0.1) is 11.6 Å². The van der Waals surface area contributed by atoms with E-state index in [9.17, 15) is 4.39 Å². The lowest BCUT2D eigenvalue weighted by Gasteiger charge is -2.22. The smallest absolute Gasteiger partial charge is 0.213 e. The molecular formula is C18H20Cl2FN3O. The second kappa shape index (κ2) is 10.2. The summed E-state index contributed by atoms with van der Waals surface area (Å²) >= 11 is 0. The number of nitrogens with one attached hydrogen (secondary N) is 1. The molecule has 1 aliphatic rings. The van der Waals surface area contributed by atoms with E-state index >= 15 is 0 Å². The van der Waals surface area contributed by atoms with Gasteiger partial charge in [0, 0.05) is 23.2 Å². The molecule has 1 N–H and O–H groups in total. The van der Waals surface area contributed by atoms with Gasteiger partial charge in [-0.15, -0.1) is 24.8 Å². The van der Waals surface area contributed by atoms with E-state index in [0.717, 1.165) is 31.6 Å². The molecule has 2 aromatic rings. The molecule has 0 unspecified atom stereocenters. The van der Waals surface area contributed by atoms with E-state index in [-0.39, 0.29) is 31.4 Å². The quantitative estimate of drug-likeness (QED) is 0.866. The van der Waals surface area contributed by atoms with Gasteiger partial charge in [-0.3, -0.25) is 0 Å². The highest BCUT2D eigenvalue weighted by molar-refractivity contribution is 5.85. The Kier molecular flexibility index (Phi) is 8.64. The Hall–Kier alpha value is -1.87. The lowest BCUT2D eigenvalue weighted by Crippen LogP contribution is -2.27. The predicted molar refractivity (Wildman–Crippen MR) is 99.0 cm³/mol. The monoisotopic (exact) mass is 383 g/mol. The molecule has 0 aliphatic carbocycles. The molecule has 1 aromatic heterocycles. The van der Waals surface area contributed by atoms with E-state index in [1.165, 1.54) is 6.07 Å². The minimum absolute atomic E-state index is 0. The van der Waals surface area contributed by atoms with Crippen LogP contribution in [0.2, 0.25) is 0 Å². The Morgan fingerprint density at radius 1 is 1.20 bits per heavy atom. The summed E-state index contributed by atoms with van der Waals surface area (Å²) in [5, 5.41) is 12.1. The van der Waals surface area contributed by atoms with Gasteiger partial charge in [-0.1, -0.05) is 12.1 Å². The van der Waals surface area contributed by atoms with Crippen molar-refractivity contribution in [2.24, 2.45) is 0 Å². The van der Waals surface area contributed by atoms with Crippen LogP contribution < -0.4 is 10.1 Å². The number of ether oxygens (including phenoxy) is 1. The lowest BCUT2D eigenvalue weighted by atomic mass is 9.94. The summed E-state index contributed by atoms with van der Waals surface area (Å²) in [4.78, 5) is 4.55. The molecule has 0 spiro atoms. The number of hydrogen-bond acceptors (Lipinski definition) is 4. The first-order valence-electron chi connectivity index (χ1n) is 7.75. The molecule has 1 fully saturated rings. The zero-order valence-electron chi connectivity index (χ0n) is 13.6. The van der Waals surface area contributed by atoms with Crippen LogP contribution in [0.1, 0.15) is 35.6 Å². The Balaban J connectivity index is 0.00000156. The summed E-state index contributed by atoms with van der Waals surface area (Å²) in [7, 11) is 0. The molecule has 25 heavy (non-hydrogen) atoms. The van der Waals surface area contributed by atoms with Crippen molar-refractivity contribution in [2.75, 3.05) is 13.1 Å². The van der Waals surface area contributed by atoms with Crippen LogP contribution in [0.4, 0.5) is 4.39 Å². The largest absolute Gasteiger partial charge is 0.473 e. The number of nitrogens with zero attached hydrogens (tertiary/aromatic N) is 2.